The number of carboxylic acids is 1. The topological polar surface area (TPSA) is 49.3 Å². The van der Waals surface area contributed by atoms with Crippen LogP contribution in [0.5, 0.6) is 0 Å². The van der Waals surface area contributed by atoms with Crippen molar-refractivity contribution in [3.63, 3.8) is 0 Å². The third kappa shape index (κ3) is 4.65. The second-order valence-corrected chi connectivity index (χ2v) is 4.94. The lowest BCUT2D eigenvalue weighted by Gasteiger charge is -2.26. The van der Waals surface area contributed by atoms with Crippen LogP contribution in [0.15, 0.2) is 0 Å². The molecule has 3 unspecified atom stereocenters. The highest BCUT2D eigenvalue weighted by Gasteiger charge is 2.19. The van der Waals surface area contributed by atoms with E-state index in [4.69, 9.17) is 5.11 Å². The third-order valence-electron chi connectivity index (χ3n) is 3.42. The first-order chi connectivity index (χ1) is 7.09. The Morgan fingerprint density at radius 3 is 2.87 bits per heavy atom. The minimum absolute atomic E-state index is 0.411. The molecule has 2 N–H and O–H groups in total. The van der Waals surface area contributed by atoms with Crippen LogP contribution in [-0.4, -0.2) is 23.7 Å². The van der Waals surface area contributed by atoms with Gasteiger partial charge in [-0.3, -0.25) is 4.79 Å². The monoisotopic (exact) mass is 213 g/mol. The van der Waals surface area contributed by atoms with E-state index >= 15 is 0 Å². The fourth-order valence-electron chi connectivity index (χ4n) is 2.41. The SMILES string of the molecule is CC1CCCC(CCNC(C)C(=O)O)C1. The van der Waals surface area contributed by atoms with Crippen molar-refractivity contribution in [1.82, 2.24) is 5.32 Å². The van der Waals surface area contributed by atoms with E-state index in [0.29, 0.717) is 0 Å². The molecule has 1 fully saturated rings. The van der Waals surface area contributed by atoms with E-state index in [1.807, 2.05) is 0 Å². The molecule has 15 heavy (non-hydrogen) atoms. The smallest absolute Gasteiger partial charge is 0.320 e. The van der Waals surface area contributed by atoms with Crippen molar-refractivity contribution in [2.24, 2.45) is 11.8 Å². The summed E-state index contributed by atoms with van der Waals surface area (Å²) in [4.78, 5) is 10.6. The van der Waals surface area contributed by atoms with E-state index in [-0.39, 0.29) is 0 Å². The first kappa shape index (κ1) is 12.5. The summed E-state index contributed by atoms with van der Waals surface area (Å²) in [6.45, 7) is 4.86. The first-order valence-electron chi connectivity index (χ1n) is 6.05. The van der Waals surface area contributed by atoms with Gasteiger partial charge in [0.1, 0.15) is 6.04 Å². The van der Waals surface area contributed by atoms with Gasteiger partial charge >= 0.3 is 5.97 Å². The van der Waals surface area contributed by atoms with Crippen molar-refractivity contribution >= 4 is 5.97 Å². The summed E-state index contributed by atoms with van der Waals surface area (Å²) in [7, 11) is 0. The zero-order chi connectivity index (χ0) is 11.3. The predicted molar refractivity (Wildman–Crippen MR) is 60.8 cm³/mol. The fourth-order valence-corrected chi connectivity index (χ4v) is 2.41. The lowest BCUT2D eigenvalue weighted by molar-refractivity contribution is -0.139. The number of nitrogens with one attached hydrogen (secondary N) is 1. The van der Waals surface area contributed by atoms with Crippen LogP contribution in [0.3, 0.4) is 0 Å². The molecule has 3 atom stereocenters. The Morgan fingerprint density at radius 1 is 1.53 bits per heavy atom. The molecule has 0 bridgehead atoms. The molecule has 0 aromatic heterocycles. The van der Waals surface area contributed by atoms with E-state index < -0.39 is 12.0 Å². The molecule has 0 aromatic rings. The Bertz CT molecular complexity index is 206. The second-order valence-electron chi connectivity index (χ2n) is 4.94. The summed E-state index contributed by atoms with van der Waals surface area (Å²) in [6, 6.07) is -0.411. The van der Waals surface area contributed by atoms with Gasteiger partial charge in [0.25, 0.3) is 0 Å². The summed E-state index contributed by atoms with van der Waals surface area (Å²) < 4.78 is 0. The summed E-state index contributed by atoms with van der Waals surface area (Å²) in [5, 5.41) is 11.7. The Labute approximate surface area is 92.3 Å². The van der Waals surface area contributed by atoms with Gasteiger partial charge in [0.15, 0.2) is 0 Å². The third-order valence-corrected chi connectivity index (χ3v) is 3.42. The van der Waals surface area contributed by atoms with Crippen molar-refractivity contribution in [3.8, 4) is 0 Å². The Hall–Kier alpha value is -0.570. The molecule has 1 aliphatic carbocycles. The van der Waals surface area contributed by atoms with Gasteiger partial charge in [0.2, 0.25) is 0 Å². The van der Waals surface area contributed by atoms with Crippen molar-refractivity contribution in [2.45, 2.75) is 52.0 Å². The molecule has 3 heteroatoms. The summed E-state index contributed by atoms with van der Waals surface area (Å²) in [6.07, 6.45) is 6.49. The molecule has 0 aromatic carbocycles. The van der Waals surface area contributed by atoms with Crippen LogP contribution in [0.1, 0.15) is 46.0 Å². The van der Waals surface area contributed by atoms with E-state index in [1.165, 1.54) is 25.7 Å². The Morgan fingerprint density at radius 2 is 2.27 bits per heavy atom. The first-order valence-corrected chi connectivity index (χ1v) is 6.05. The van der Waals surface area contributed by atoms with Crippen LogP contribution >= 0.6 is 0 Å². The van der Waals surface area contributed by atoms with E-state index in [1.54, 1.807) is 6.92 Å². The molecule has 0 spiro atoms. The summed E-state index contributed by atoms with van der Waals surface area (Å²) in [5.41, 5.74) is 0. The second kappa shape index (κ2) is 6.11. The molecular formula is C12H23NO2. The Balaban J connectivity index is 2.11. The number of hydrogen-bond donors (Lipinski definition) is 2. The van der Waals surface area contributed by atoms with Crippen LogP contribution in [0.25, 0.3) is 0 Å². The molecule has 0 radical (unpaired) electrons. The zero-order valence-corrected chi connectivity index (χ0v) is 9.83. The number of aliphatic carboxylic acids is 1. The standard InChI is InChI=1S/C12H23NO2/c1-9-4-3-5-11(8-9)6-7-13-10(2)12(14)15/h9-11,13H,3-8H2,1-2H3,(H,14,15). The van der Waals surface area contributed by atoms with Gasteiger partial charge in [-0.2, -0.15) is 0 Å². The maximum Gasteiger partial charge on any atom is 0.320 e. The van der Waals surface area contributed by atoms with Crippen LogP contribution in [0.2, 0.25) is 0 Å². The van der Waals surface area contributed by atoms with Crippen LogP contribution in [-0.2, 0) is 4.79 Å². The van der Waals surface area contributed by atoms with E-state index in [0.717, 1.165) is 24.8 Å². The van der Waals surface area contributed by atoms with Crippen molar-refractivity contribution in [3.05, 3.63) is 0 Å². The highest BCUT2D eigenvalue weighted by molar-refractivity contribution is 5.72. The van der Waals surface area contributed by atoms with Gasteiger partial charge < -0.3 is 10.4 Å². The average Bonchev–Trinajstić information content (AvgIpc) is 2.17. The highest BCUT2D eigenvalue weighted by Crippen LogP contribution is 2.30. The van der Waals surface area contributed by atoms with Crippen LogP contribution in [0, 0.1) is 11.8 Å². The molecule has 0 saturated heterocycles. The van der Waals surface area contributed by atoms with Crippen LogP contribution in [0.4, 0.5) is 0 Å². The van der Waals surface area contributed by atoms with Crippen molar-refractivity contribution in [2.75, 3.05) is 6.54 Å². The molecule has 88 valence electrons. The zero-order valence-electron chi connectivity index (χ0n) is 9.83. The van der Waals surface area contributed by atoms with Crippen molar-refractivity contribution in [1.29, 1.82) is 0 Å². The number of carboxylic acid groups (broad SMARTS) is 1. The lowest BCUT2D eigenvalue weighted by atomic mass is 9.81. The molecule has 1 rings (SSSR count). The van der Waals surface area contributed by atoms with Gasteiger partial charge in [-0.15, -0.1) is 0 Å². The minimum atomic E-state index is -0.757. The van der Waals surface area contributed by atoms with E-state index in [9.17, 15) is 4.79 Å². The molecule has 3 nitrogen and oxygen atoms in total. The molecule has 1 saturated carbocycles. The highest BCUT2D eigenvalue weighted by atomic mass is 16.4. The van der Waals surface area contributed by atoms with Crippen LogP contribution < -0.4 is 5.32 Å². The quantitative estimate of drug-likeness (QED) is 0.736. The van der Waals surface area contributed by atoms with Gasteiger partial charge in [-0.05, 0) is 38.1 Å². The molecular weight excluding hydrogens is 190 g/mol. The fraction of sp³-hybridized carbons (Fsp3) is 0.917. The lowest BCUT2D eigenvalue weighted by Crippen LogP contribution is -2.35. The van der Waals surface area contributed by atoms with Crippen molar-refractivity contribution < 1.29 is 9.90 Å². The molecule has 0 aliphatic heterocycles. The maximum absolute atomic E-state index is 10.6. The van der Waals surface area contributed by atoms with Gasteiger partial charge in [-0.25, -0.2) is 0 Å². The van der Waals surface area contributed by atoms with E-state index in [2.05, 4.69) is 12.2 Å². The maximum atomic E-state index is 10.6. The number of rotatable bonds is 5. The summed E-state index contributed by atoms with van der Waals surface area (Å²) in [5.74, 6) is 0.912. The van der Waals surface area contributed by atoms with Gasteiger partial charge in [0.05, 0.1) is 0 Å². The number of hydrogen-bond acceptors (Lipinski definition) is 2. The van der Waals surface area contributed by atoms with Gasteiger partial charge in [-0.1, -0.05) is 26.2 Å². The summed E-state index contributed by atoms with van der Waals surface area (Å²) >= 11 is 0. The predicted octanol–water partition coefficient (Wildman–Crippen LogP) is 2.27. The Kier molecular flexibility index (Phi) is 5.09. The minimum Gasteiger partial charge on any atom is -0.480 e. The largest absolute Gasteiger partial charge is 0.480 e. The molecule has 0 heterocycles. The molecule has 0 amide bonds. The average molecular weight is 213 g/mol. The van der Waals surface area contributed by atoms with Gasteiger partial charge in [0, 0.05) is 0 Å². The molecule has 1 aliphatic rings. The normalized spacial score (nSPS) is 28.7. The number of carbonyl (C=O) groups is 1.